The van der Waals surface area contributed by atoms with Crippen LogP contribution in [0.1, 0.15) is 22.3 Å². The van der Waals surface area contributed by atoms with Gasteiger partial charge in [0.15, 0.2) is 0 Å². The fourth-order valence-corrected chi connectivity index (χ4v) is 1.07. The van der Waals surface area contributed by atoms with E-state index in [1.165, 1.54) is 12.1 Å². The molecule has 0 aromatic heterocycles. The average molecular weight is 194 g/mol. The number of aliphatic carboxylic acids is 1. The molecular weight excluding hydrogens is 184 g/mol. The number of aryl methyl sites for hydroxylation is 1. The van der Waals surface area contributed by atoms with E-state index in [9.17, 15) is 9.59 Å². The van der Waals surface area contributed by atoms with Gasteiger partial charge in [0.05, 0.1) is 5.56 Å². The van der Waals surface area contributed by atoms with Crippen LogP contribution in [-0.2, 0) is 11.2 Å². The highest BCUT2D eigenvalue weighted by atomic mass is 16.4. The van der Waals surface area contributed by atoms with Crippen molar-refractivity contribution in [3.63, 3.8) is 0 Å². The van der Waals surface area contributed by atoms with Gasteiger partial charge >= 0.3 is 11.9 Å². The lowest BCUT2D eigenvalue weighted by Gasteiger charge is -1.99. The lowest BCUT2D eigenvalue weighted by molar-refractivity contribution is -0.136. The van der Waals surface area contributed by atoms with Crippen LogP contribution < -0.4 is 0 Å². The van der Waals surface area contributed by atoms with Crippen LogP contribution in [0.5, 0.6) is 0 Å². The normalized spacial score (nSPS) is 9.71. The number of carboxylic acids is 2. The van der Waals surface area contributed by atoms with Gasteiger partial charge < -0.3 is 10.2 Å². The molecule has 4 heteroatoms. The number of hydrogen-bond donors (Lipinski definition) is 2. The van der Waals surface area contributed by atoms with Crippen LogP contribution in [0.15, 0.2) is 24.3 Å². The largest absolute Gasteiger partial charge is 0.481 e. The molecule has 14 heavy (non-hydrogen) atoms. The van der Waals surface area contributed by atoms with Crippen molar-refractivity contribution in [2.24, 2.45) is 0 Å². The maximum absolute atomic E-state index is 10.5. The Morgan fingerprint density at radius 1 is 1.07 bits per heavy atom. The van der Waals surface area contributed by atoms with Gasteiger partial charge in [-0.05, 0) is 24.1 Å². The van der Waals surface area contributed by atoms with E-state index in [2.05, 4.69) is 0 Å². The smallest absolute Gasteiger partial charge is 0.335 e. The van der Waals surface area contributed by atoms with E-state index in [-0.39, 0.29) is 12.0 Å². The molecule has 0 fully saturated rings. The molecule has 0 unspecified atom stereocenters. The zero-order valence-electron chi connectivity index (χ0n) is 7.43. The van der Waals surface area contributed by atoms with Crippen molar-refractivity contribution in [2.75, 3.05) is 0 Å². The summed E-state index contributed by atoms with van der Waals surface area (Å²) < 4.78 is 0. The maximum Gasteiger partial charge on any atom is 0.335 e. The predicted molar refractivity (Wildman–Crippen MR) is 49.4 cm³/mol. The topological polar surface area (TPSA) is 74.6 Å². The molecule has 74 valence electrons. The summed E-state index contributed by atoms with van der Waals surface area (Å²) in [5, 5.41) is 17.0. The molecule has 0 spiro atoms. The summed E-state index contributed by atoms with van der Waals surface area (Å²) in [5.41, 5.74) is 1.04. The standard InChI is InChI=1S/C10H10O4/c11-9(12)6-3-7-1-4-8(5-2-7)10(13)14/h1-2,4-5H,3,6H2,(H,11,12)(H,13,14). The fraction of sp³-hybridized carbons (Fsp3) is 0.200. The molecule has 0 radical (unpaired) electrons. The van der Waals surface area contributed by atoms with Crippen molar-refractivity contribution in [2.45, 2.75) is 12.8 Å². The molecule has 0 amide bonds. The van der Waals surface area contributed by atoms with Crippen molar-refractivity contribution >= 4 is 11.9 Å². The number of aromatic carboxylic acids is 1. The van der Waals surface area contributed by atoms with E-state index < -0.39 is 11.9 Å². The van der Waals surface area contributed by atoms with Crippen molar-refractivity contribution in [3.8, 4) is 0 Å². The molecule has 0 aliphatic heterocycles. The van der Waals surface area contributed by atoms with Gasteiger partial charge in [0.25, 0.3) is 0 Å². The molecule has 0 bridgehead atoms. The van der Waals surface area contributed by atoms with Gasteiger partial charge in [-0.1, -0.05) is 12.1 Å². The summed E-state index contributed by atoms with van der Waals surface area (Å²) in [4.78, 5) is 20.7. The molecule has 2 N–H and O–H groups in total. The molecule has 0 saturated carbocycles. The van der Waals surface area contributed by atoms with Crippen molar-refractivity contribution in [3.05, 3.63) is 35.4 Å². The monoisotopic (exact) mass is 194 g/mol. The van der Waals surface area contributed by atoms with Gasteiger partial charge in [0.2, 0.25) is 0 Å². The Kier molecular flexibility index (Phi) is 3.23. The summed E-state index contributed by atoms with van der Waals surface area (Å²) in [6.45, 7) is 0. The highest BCUT2D eigenvalue weighted by Crippen LogP contribution is 2.06. The summed E-state index contributed by atoms with van der Waals surface area (Å²) in [5.74, 6) is -1.83. The number of carbonyl (C=O) groups is 2. The molecule has 1 rings (SSSR count). The highest BCUT2D eigenvalue weighted by Gasteiger charge is 2.02. The fourth-order valence-electron chi connectivity index (χ4n) is 1.07. The Bertz CT molecular complexity index is 340. The Morgan fingerprint density at radius 3 is 2.07 bits per heavy atom. The Hall–Kier alpha value is -1.84. The number of carboxylic acid groups (broad SMARTS) is 2. The maximum atomic E-state index is 10.5. The Labute approximate surface area is 80.8 Å². The van der Waals surface area contributed by atoms with E-state index in [0.29, 0.717) is 6.42 Å². The third-order valence-corrected chi connectivity index (χ3v) is 1.83. The van der Waals surface area contributed by atoms with Crippen LogP contribution in [0.2, 0.25) is 0 Å². The second-order valence-corrected chi connectivity index (χ2v) is 2.90. The van der Waals surface area contributed by atoms with Crippen LogP contribution in [-0.4, -0.2) is 22.2 Å². The van der Waals surface area contributed by atoms with Gasteiger partial charge in [0, 0.05) is 6.42 Å². The summed E-state index contributed by atoms with van der Waals surface area (Å²) in [6.07, 6.45) is 0.488. The summed E-state index contributed by atoms with van der Waals surface area (Å²) in [6, 6.07) is 6.21. The third kappa shape index (κ3) is 2.90. The van der Waals surface area contributed by atoms with Crippen LogP contribution >= 0.6 is 0 Å². The first-order valence-corrected chi connectivity index (χ1v) is 4.13. The molecule has 0 heterocycles. The van der Waals surface area contributed by atoms with Crippen LogP contribution in [0.25, 0.3) is 0 Å². The van der Waals surface area contributed by atoms with E-state index in [0.717, 1.165) is 5.56 Å². The molecule has 1 aromatic rings. The van der Waals surface area contributed by atoms with Crippen LogP contribution in [0.3, 0.4) is 0 Å². The first-order valence-electron chi connectivity index (χ1n) is 4.13. The minimum absolute atomic E-state index is 0.0619. The highest BCUT2D eigenvalue weighted by molar-refractivity contribution is 5.87. The average Bonchev–Trinajstić information content (AvgIpc) is 2.15. The molecular formula is C10H10O4. The first kappa shape index (κ1) is 10.2. The quantitative estimate of drug-likeness (QED) is 0.759. The Balaban J connectivity index is 2.64. The molecule has 0 aliphatic carbocycles. The SMILES string of the molecule is O=C(O)CCc1ccc(C(=O)O)cc1. The van der Waals surface area contributed by atoms with Crippen LogP contribution in [0, 0.1) is 0 Å². The summed E-state index contributed by atoms with van der Waals surface area (Å²) in [7, 11) is 0. The molecule has 1 aromatic carbocycles. The number of benzene rings is 1. The van der Waals surface area contributed by atoms with Crippen molar-refractivity contribution < 1.29 is 19.8 Å². The summed E-state index contributed by atoms with van der Waals surface area (Å²) >= 11 is 0. The van der Waals surface area contributed by atoms with Crippen molar-refractivity contribution in [1.82, 2.24) is 0 Å². The molecule has 0 atom stereocenters. The first-order chi connectivity index (χ1) is 6.59. The minimum atomic E-state index is -0.977. The van der Waals surface area contributed by atoms with Gasteiger partial charge in [-0.15, -0.1) is 0 Å². The van der Waals surface area contributed by atoms with E-state index in [4.69, 9.17) is 10.2 Å². The lowest BCUT2D eigenvalue weighted by Crippen LogP contribution is -1.99. The lowest BCUT2D eigenvalue weighted by atomic mass is 10.1. The number of rotatable bonds is 4. The zero-order valence-corrected chi connectivity index (χ0v) is 7.43. The van der Waals surface area contributed by atoms with Gasteiger partial charge in [-0.3, -0.25) is 4.79 Å². The van der Waals surface area contributed by atoms with E-state index in [1.54, 1.807) is 12.1 Å². The Morgan fingerprint density at radius 2 is 1.64 bits per heavy atom. The van der Waals surface area contributed by atoms with Crippen molar-refractivity contribution in [1.29, 1.82) is 0 Å². The molecule has 0 aliphatic rings. The zero-order chi connectivity index (χ0) is 10.6. The molecule has 4 nitrogen and oxygen atoms in total. The van der Waals surface area contributed by atoms with Gasteiger partial charge in [-0.2, -0.15) is 0 Å². The molecule has 0 saturated heterocycles. The second-order valence-electron chi connectivity index (χ2n) is 2.90. The van der Waals surface area contributed by atoms with Gasteiger partial charge in [-0.25, -0.2) is 4.79 Å². The number of hydrogen-bond acceptors (Lipinski definition) is 2. The second kappa shape index (κ2) is 4.41. The van der Waals surface area contributed by atoms with Crippen LogP contribution in [0.4, 0.5) is 0 Å². The minimum Gasteiger partial charge on any atom is -0.481 e. The predicted octanol–water partition coefficient (Wildman–Crippen LogP) is 1.40. The van der Waals surface area contributed by atoms with Gasteiger partial charge in [0.1, 0.15) is 0 Å². The van der Waals surface area contributed by atoms with E-state index in [1.807, 2.05) is 0 Å². The van der Waals surface area contributed by atoms with E-state index >= 15 is 0 Å². The third-order valence-electron chi connectivity index (χ3n) is 1.83.